The van der Waals surface area contributed by atoms with E-state index < -0.39 is 0 Å². The monoisotopic (exact) mass is 292 g/mol. The van der Waals surface area contributed by atoms with Crippen molar-refractivity contribution in [1.82, 2.24) is 0 Å². The van der Waals surface area contributed by atoms with Gasteiger partial charge >= 0.3 is 0 Å². The molecule has 0 bridgehead atoms. The molecule has 0 aromatic carbocycles. The van der Waals surface area contributed by atoms with Crippen LogP contribution in [0.5, 0.6) is 0 Å². The molecular weight excluding hydrogens is 276 g/mol. The molecule has 1 heterocycles. The molecule has 1 aromatic rings. The van der Waals surface area contributed by atoms with Gasteiger partial charge in [-0.15, -0.1) is 23.1 Å². The lowest BCUT2D eigenvalue weighted by Crippen LogP contribution is -2.23. The zero-order valence-corrected chi connectivity index (χ0v) is 12.1. The van der Waals surface area contributed by atoms with Crippen molar-refractivity contribution < 1.29 is 0 Å². The lowest BCUT2D eigenvalue weighted by Gasteiger charge is -2.28. The van der Waals surface area contributed by atoms with E-state index in [0.717, 1.165) is 11.2 Å². The summed E-state index contributed by atoms with van der Waals surface area (Å²) < 4.78 is 1.43. The minimum Gasteiger partial charge on any atom is -0.137 e. The van der Waals surface area contributed by atoms with Crippen molar-refractivity contribution in [2.45, 2.75) is 25.0 Å². The maximum atomic E-state index is 3.61. The van der Waals surface area contributed by atoms with Crippen LogP contribution in [0, 0.1) is 11.3 Å². The Bertz CT molecular complexity index is 249. The van der Waals surface area contributed by atoms with Gasteiger partial charge in [0.15, 0.2) is 0 Å². The highest BCUT2D eigenvalue weighted by Crippen LogP contribution is 2.34. The molecule has 0 radical (unpaired) electrons. The highest BCUT2D eigenvalue weighted by Gasteiger charge is 2.23. The SMILES string of the molecule is CC(C)(C)C(CBr)CSc1cccs1. The van der Waals surface area contributed by atoms with E-state index in [1.165, 1.54) is 9.96 Å². The zero-order valence-electron chi connectivity index (χ0n) is 8.92. The topological polar surface area (TPSA) is 0 Å². The van der Waals surface area contributed by atoms with Crippen molar-refractivity contribution in [2.24, 2.45) is 11.3 Å². The van der Waals surface area contributed by atoms with Gasteiger partial charge in [-0.3, -0.25) is 0 Å². The average Bonchev–Trinajstić information content (AvgIpc) is 2.55. The molecule has 0 spiro atoms. The Morgan fingerprint density at radius 2 is 2.21 bits per heavy atom. The summed E-state index contributed by atoms with van der Waals surface area (Å²) in [5, 5.41) is 3.23. The van der Waals surface area contributed by atoms with E-state index in [0.29, 0.717) is 5.41 Å². The first-order chi connectivity index (χ1) is 6.54. The van der Waals surface area contributed by atoms with Crippen molar-refractivity contribution in [2.75, 3.05) is 11.1 Å². The first kappa shape index (κ1) is 12.6. The normalized spacial score (nSPS) is 14.3. The van der Waals surface area contributed by atoms with Gasteiger partial charge in [0.05, 0.1) is 4.21 Å². The van der Waals surface area contributed by atoms with Crippen LogP contribution < -0.4 is 0 Å². The van der Waals surface area contributed by atoms with E-state index in [9.17, 15) is 0 Å². The molecule has 0 nitrogen and oxygen atoms in total. The second kappa shape index (κ2) is 5.57. The number of hydrogen-bond acceptors (Lipinski definition) is 2. The molecule has 1 unspecified atom stereocenters. The van der Waals surface area contributed by atoms with Gasteiger partial charge in [-0.05, 0) is 22.8 Å². The Morgan fingerprint density at radius 3 is 2.64 bits per heavy atom. The van der Waals surface area contributed by atoms with Crippen molar-refractivity contribution in [3.05, 3.63) is 17.5 Å². The summed E-state index contributed by atoms with van der Waals surface area (Å²) in [6, 6.07) is 4.32. The van der Waals surface area contributed by atoms with Crippen LogP contribution in [0.2, 0.25) is 0 Å². The molecule has 0 N–H and O–H groups in total. The number of alkyl halides is 1. The lowest BCUT2D eigenvalue weighted by molar-refractivity contribution is 0.295. The zero-order chi connectivity index (χ0) is 10.6. The van der Waals surface area contributed by atoms with E-state index in [2.05, 4.69) is 54.2 Å². The number of hydrogen-bond donors (Lipinski definition) is 0. The Balaban J connectivity index is 2.43. The molecular formula is C11H17BrS2. The molecule has 0 amide bonds. The third-order valence-electron chi connectivity index (χ3n) is 2.33. The van der Waals surface area contributed by atoms with Gasteiger partial charge in [-0.1, -0.05) is 42.8 Å². The third-order valence-corrected chi connectivity index (χ3v) is 5.41. The van der Waals surface area contributed by atoms with Crippen LogP contribution in [0.3, 0.4) is 0 Å². The summed E-state index contributed by atoms with van der Waals surface area (Å²) in [5.41, 5.74) is 0.397. The van der Waals surface area contributed by atoms with E-state index in [4.69, 9.17) is 0 Å². The molecule has 3 heteroatoms. The van der Waals surface area contributed by atoms with Crippen molar-refractivity contribution in [3.8, 4) is 0 Å². The Labute approximate surface area is 104 Å². The summed E-state index contributed by atoms with van der Waals surface area (Å²) in [5.74, 6) is 1.93. The molecule has 0 aliphatic rings. The standard InChI is InChI=1S/C11H17BrS2/c1-11(2,3)9(7-12)8-14-10-5-4-6-13-10/h4-6,9H,7-8H2,1-3H3. The van der Waals surface area contributed by atoms with Crippen LogP contribution in [0.25, 0.3) is 0 Å². The number of thiophene rings is 1. The number of thioether (sulfide) groups is 1. The molecule has 1 aromatic heterocycles. The van der Waals surface area contributed by atoms with Crippen LogP contribution >= 0.6 is 39.0 Å². The van der Waals surface area contributed by atoms with Gasteiger partial charge in [-0.2, -0.15) is 0 Å². The summed E-state index contributed by atoms with van der Waals surface area (Å²) in [6.07, 6.45) is 0. The van der Waals surface area contributed by atoms with Gasteiger partial charge in [0.2, 0.25) is 0 Å². The fourth-order valence-electron chi connectivity index (χ4n) is 1.05. The quantitative estimate of drug-likeness (QED) is 0.562. The molecule has 0 saturated heterocycles. The molecule has 80 valence electrons. The van der Waals surface area contributed by atoms with Crippen LogP contribution in [-0.2, 0) is 0 Å². The third kappa shape index (κ3) is 3.95. The van der Waals surface area contributed by atoms with Gasteiger partial charge in [0.1, 0.15) is 0 Å². The maximum absolute atomic E-state index is 3.61. The van der Waals surface area contributed by atoms with E-state index in [1.54, 1.807) is 0 Å². The lowest BCUT2D eigenvalue weighted by atomic mass is 9.83. The predicted molar refractivity (Wildman–Crippen MR) is 71.8 cm³/mol. The first-order valence-corrected chi connectivity index (χ1v) is 7.75. The van der Waals surface area contributed by atoms with Crippen molar-refractivity contribution in [3.63, 3.8) is 0 Å². The molecule has 0 aliphatic heterocycles. The number of halogens is 1. The Kier molecular flexibility index (Phi) is 5.01. The largest absolute Gasteiger partial charge is 0.137 e. The molecule has 1 atom stereocenters. The van der Waals surface area contributed by atoms with Crippen molar-refractivity contribution >= 4 is 39.0 Å². The molecule has 0 aliphatic carbocycles. The predicted octanol–water partition coefficient (Wildman–Crippen LogP) is 4.90. The average molecular weight is 293 g/mol. The summed E-state index contributed by atoms with van der Waals surface area (Å²) in [7, 11) is 0. The maximum Gasteiger partial charge on any atom is 0.0598 e. The Morgan fingerprint density at radius 1 is 1.50 bits per heavy atom. The van der Waals surface area contributed by atoms with Gasteiger partial charge < -0.3 is 0 Å². The van der Waals surface area contributed by atoms with E-state index >= 15 is 0 Å². The second-order valence-electron chi connectivity index (χ2n) is 4.46. The van der Waals surface area contributed by atoms with Crippen LogP contribution in [0.1, 0.15) is 20.8 Å². The van der Waals surface area contributed by atoms with Gasteiger partial charge in [0.25, 0.3) is 0 Å². The van der Waals surface area contributed by atoms with E-state index in [1.807, 2.05) is 23.1 Å². The molecule has 1 rings (SSSR count). The minimum atomic E-state index is 0.397. The highest BCUT2D eigenvalue weighted by molar-refractivity contribution is 9.09. The van der Waals surface area contributed by atoms with Gasteiger partial charge in [-0.25, -0.2) is 0 Å². The fraction of sp³-hybridized carbons (Fsp3) is 0.636. The van der Waals surface area contributed by atoms with Crippen molar-refractivity contribution in [1.29, 1.82) is 0 Å². The smallest absolute Gasteiger partial charge is 0.0598 e. The van der Waals surface area contributed by atoms with Crippen LogP contribution in [-0.4, -0.2) is 11.1 Å². The molecule has 14 heavy (non-hydrogen) atoms. The van der Waals surface area contributed by atoms with Gasteiger partial charge in [0, 0.05) is 11.1 Å². The minimum absolute atomic E-state index is 0.397. The summed E-state index contributed by atoms with van der Waals surface area (Å²) >= 11 is 7.41. The van der Waals surface area contributed by atoms with Crippen LogP contribution in [0.15, 0.2) is 21.7 Å². The summed E-state index contributed by atoms with van der Waals surface area (Å²) in [6.45, 7) is 6.94. The summed E-state index contributed by atoms with van der Waals surface area (Å²) in [4.78, 5) is 0. The highest BCUT2D eigenvalue weighted by atomic mass is 79.9. The molecule has 0 saturated carbocycles. The molecule has 0 fully saturated rings. The Hall–Kier alpha value is 0.530. The second-order valence-corrected chi connectivity index (χ2v) is 7.38. The van der Waals surface area contributed by atoms with E-state index in [-0.39, 0.29) is 0 Å². The fourth-order valence-corrected chi connectivity index (χ4v) is 4.81. The first-order valence-electron chi connectivity index (χ1n) is 4.76. The van der Waals surface area contributed by atoms with Crippen LogP contribution in [0.4, 0.5) is 0 Å². The number of rotatable bonds is 4.